The molecule has 2 rings (SSSR count). The van der Waals surface area contributed by atoms with Crippen molar-refractivity contribution in [2.24, 2.45) is 0 Å². The van der Waals surface area contributed by atoms with Crippen molar-refractivity contribution in [2.45, 2.75) is 19.9 Å². The second-order valence-electron chi connectivity index (χ2n) is 4.40. The Morgan fingerprint density at radius 2 is 1.84 bits per heavy atom. The number of nitrogens with one attached hydrogen (secondary N) is 1. The molecule has 0 radical (unpaired) electrons. The quantitative estimate of drug-likeness (QED) is 0.848. The zero-order chi connectivity index (χ0) is 14.2. The van der Waals surface area contributed by atoms with Gasteiger partial charge in [0, 0.05) is 25.9 Å². The molecule has 1 heterocycles. The molecule has 0 amide bonds. The Balaban J connectivity index is 2.50. The fourth-order valence-electron chi connectivity index (χ4n) is 1.98. The van der Waals surface area contributed by atoms with Crippen LogP contribution in [0.3, 0.4) is 0 Å². The van der Waals surface area contributed by atoms with Crippen LogP contribution in [-0.2, 0) is 0 Å². The molecule has 0 aliphatic rings. The largest absolute Gasteiger partial charge is 0.309 e. The van der Waals surface area contributed by atoms with E-state index >= 15 is 0 Å². The van der Waals surface area contributed by atoms with Gasteiger partial charge in [-0.1, -0.05) is 0 Å². The molecule has 0 bridgehead atoms. The molecule has 1 aromatic heterocycles. The van der Waals surface area contributed by atoms with Crippen molar-refractivity contribution < 1.29 is 8.78 Å². The maximum absolute atomic E-state index is 14.0. The van der Waals surface area contributed by atoms with Gasteiger partial charge in [0.25, 0.3) is 0 Å². The van der Waals surface area contributed by atoms with Crippen molar-refractivity contribution in [1.29, 1.82) is 0 Å². The van der Waals surface area contributed by atoms with E-state index in [0.717, 1.165) is 20.3 Å². The van der Waals surface area contributed by atoms with Gasteiger partial charge in [-0.25, -0.2) is 8.78 Å². The summed E-state index contributed by atoms with van der Waals surface area (Å²) >= 11 is 5.05. The van der Waals surface area contributed by atoms with Gasteiger partial charge in [-0.15, -0.1) is 11.3 Å². The minimum atomic E-state index is -0.523. The van der Waals surface area contributed by atoms with Gasteiger partial charge in [0.15, 0.2) is 0 Å². The first-order valence-electron chi connectivity index (χ1n) is 5.82. The lowest BCUT2D eigenvalue weighted by Crippen LogP contribution is -2.18. The highest BCUT2D eigenvalue weighted by Crippen LogP contribution is 2.35. The van der Waals surface area contributed by atoms with E-state index in [1.165, 1.54) is 0 Å². The molecule has 1 nitrogen and oxygen atoms in total. The first-order valence-corrected chi connectivity index (χ1v) is 7.43. The topological polar surface area (TPSA) is 12.0 Å². The number of benzene rings is 1. The van der Waals surface area contributed by atoms with Gasteiger partial charge >= 0.3 is 0 Å². The van der Waals surface area contributed by atoms with E-state index in [9.17, 15) is 8.78 Å². The molecule has 5 heteroatoms. The lowest BCUT2D eigenvalue weighted by Gasteiger charge is -2.16. The van der Waals surface area contributed by atoms with E-state index in [1.54, 1.807) is 31.4 Å². The zero-order valence-electron chi connectivity index (χ0n) is 10.9. The predicted octanol–water partition coefficient (Wildman–Crippen LogP) is 4.71. The summed E-state index contributed by atoms with van der Waals surface area (Å²) in [7, 11) is 1.77. The van der Waals surface area contributed by atoms with Crippen LogP contribution in [0.2, 0.25) is 0 Å². The predicted molar refractivity (Wildman–Crippen MR) is 78.8 cm³/mol. The second kappa shape index (κ2) is 5.69. The average Bonchev–Trinajstić information content (AvgIpc) is 2.67. The van der Waals surface area contributed by atoms with Crippen molar-refractivity contribution in [2.75, 3.05) is 7.05 Å². The molecule has 0 saturated carbocycles. The summed E-state index contributed by atoms with van der Waals surface area (Å²) < 4.78 is 28.3. The highest BCUT2D eigenvalue weighted by molar-refractivity contribution is 9.10. The van der Waals surface area contributed by atoms with E-state index in [4.69, 9.17) is 0 Å². The Labute approximate surface area is 123 Å². The van der Waals surface area contributed by atoms with Gasteiger partial charge in [-0.2, -0.15) is 0 Å². The van der Waals surface area contributed by atoms with Gasteiger partial charge in [0.1, 0.15) is 11.6 Å². The first-order chi connectivity index (χ1) is 8.93. The van der Waals surface area contributed by atoms with Crippen molar-refractivity contribution in [1.82, 2.24) is 5.32 Å². The molecule has 1 aromatic carbocycles. The van der Waals surface area contributed by atoms with Crippen LogP contribution in [0.15, 0.2) is 22.7 Å². The highest BCUT2D eigenvalue weighted by atomic mass is 79.9. The van der Waals surface area contributed by atoms with E-state index < -0.39 is 11.6 Å². The van der Waals surface area contributed by atoms with Crippen LogP contribution < -0.4 is 5.32 Å². The van der Waals surface area contributed by atoms with E-state index in [-0.39, 0.29) is 6.04 Å². The first kappa shape index (κ1) is 14.6. The third-order valence-corrected chi connectivity index (χ3v) is 5.24. The van der Waals surface area contributed by atoms with Crippen molar-refractivity contribution in [3.8, 4) is 0 Å². The normalized spacial score (nSPS) is 12.7. The molecule has 1 atom stereocenters. The molecule has 0 aliphatic carbocycles. The van der Waals surface area contributed by atoms with E-state index in [1.807, 2.05) is 13.0 Å². The molecular formula is C14H14BrF2NS. The smallest absolute Gasteiger partial charge is 0.131 e. The molecule has 1 unspecified atom stereocenters. The Morgan fingerprint density at radius 1 is 1.16 bits per heavy atom. The number of hydrogen-bond donors (Lipinski definition) is 1. The number of aryl methyl sites for hydroxylation is 2. The minimum absolute atomic E-state index is 0.269. The standard InChI is InChI=1S/C14H14BrF2NS/c1-7-4-9(12(17)6-11(7)16)14(18-3)13-5-10(15)8(2)19-13/h4-6,14,18H,1-3H3. The van der Waals surface area contributed by atoms with Crippen molar-refractivity contribution in [3.63, 3.8) is 0 Å². The summed E-state index contributed by atoms with van der Waals surface area (Å²) in [5, 5.41) is 3.09. The number of halogens is 3. The molecule has 0 aliphatic heterocycles. The van der Waals surface area contributed by atoms with E-state index in [0.29, 0.717) is 11.1 Å². The van der Waals surface area contributed by atoms with Crippen LogP contribution >= 0.6 is 27.3 Å². The third-order valence-electron chi connectivity index (χ3n) is 3.04. The van der Waals surface area contributed by atoms with Gasteiger partial charge in [-0.3, -0.25) is 0 Å². The Morgan fingerprint density at radius 3 is 2.37 bits per heavy atom. The molecule has 19 heavy (non-hydrogen) atoms. The van der Waals surface area contributed by atoms with E-state index in [2.05, 4.69) is 21.2 Å². The third kappa shape index (κ3) is 2.88. The summed E-state index contributed by atoms with van der Waals surface area (Å²) in [6, 6.07) is 4.22. The molecule has 0 fully saturated rings. The Bertz CT molecular complexity index is 590. The lowest BCUT2D eigenvalue weighted by atomic mass is 10.0. The van der Waals surface area contributed by atoms with Crippen LogP contribution in [0.5, 0.6) is 0 Å². The minimum Gasteiger partial charge on any atom is -0.309 e. The number of hydrogen-bond acceptors (Lipinski definition) is 2. The molecule has 0 saturated heterocycles. The van der Waals surface area contributed by atoms with Gasteiger partial charge in [0.2, 0.25) is 0 Å². The van der Waals surface area contributed by atoms with Crippen LogP contribution in [0, 0.1) is 25.5 Å². The van der Waals surface area contributed by atoms with Gasteiger partial charge in [-0.05, 0) is 54.5 Å². The van der Waals surface area contributed by atoms with Crippen LogP contribution in [0.1, 0.15) is 26.9 Å². The number of rotatable bonds is 3. The van der Waals surface area contributed by atoms with Crippen LogP contribution in [-0.4, -0.2) is 7.05 Å². The molecule has 1 N–H and O–H groups in total. The summed E-state index contributed by atoms with van der Waals surface area (Å²) in [5.74, 6) is -1.04. The molecular weight excluding hydrogens is 332 g/mol. The summed E-state index contributed by atoms with van der Waals surface area (Å²) in [6.45, 7) is 3.64. The molecule has 0 spiro atoms. The van der Waals surface area contributed by atoms with Gasteiger partial charge < -0.3 is 5.32 Å². The van der Waals surface area contributed by atoms with Crippen LogP contribution in [0.4, 0.5) is 8.78 Å². The Hall–Kier alpha value is -0.780. The monoisotopic (exact) mass is 345 g/mol. The lowest BCUT2D eigenvalue weighted by molar-refractivity contribution is 0.549. The molecule has 102 valence electrons. The fourth-order valence-corrected chi connectivity index (χ4v) is 3.67. The summed E-state index contributed by atoms with van der Waals surface area (Å²) in [6.07, 6.45) is 0. The second-order valence-corrected chi connectivity index (χ2v) is 6.54. The fraction of sp³-hybridized carbons (Fsp3) is 0.286. The summed E-state index contributed by atoms with van der Waals surface area (Å²) in [5.41, 5.74) is 0.916. The number of thiophene rings is 1. The van der Waals surface area contributed by atoms with Crippen molar-refractivity contribution >= 4 is 27.3 Å². The molecule has 2 aromatic rings. The average molecular weight is 346 g/mol. The highest BCUT2D eigenvalue weighted by Gasteiger charge is 2.20. The van der Waals surface area contributed by atoms with Crippen molar-refractivity contribution in [3.05, 3.63) is 55.2 Å². The summed E-state index contributed by atoms with van der Waals surface area (Å²) in [4.78, 5) is 2.13. The Kier molecular flexibility index (Phi) is 4.38. The zero-order valence-corrected chi connectivity index (χ0v) is 13.3. The SMILES string of the molecule is CNC(c1cc(Br)c(C)s1)c1cc(C)c(F)cc1F. The maximum Gasteiger partial charge on any atom is 0.131 e. The van der Waals surface area contributed by atoms with Gasteiger partial charge in [0.05, 0.1) is 6.04 Å². The maximum atomic E-state index is 14.0. The van der Waals surface area contributed by atoms with Crippen LogP contribution in [0.25, 0.3) is 0 Å².